The first-order chi connectivity index (χ1) is 8.04. The Morgan fingerprint density at radius 3 is 2.76 bits per heavy atom. The van der Waals surface area contributed by atoms with Crippen LogP contribution in [-0.2, 0) is 11.2 Å². The molecule has 1 aromatic rings. The average molecular weight is 238 g/mol. The zero-order valence-electron chi connectivity index (χ0n) is 10.8. The van der Waals surface area contributed by atoms with Crippen molar-refractivity contribution in [3.05, 3.63) is 24.2 Å². The Labute approximate surface area is 103 Å². The second kappa shape index (κ2) is 6.45. The van der Waals surface area contributed by atoms with E-state index in [2.05, 4.69) is 5.32 Å². The topological polar surface area (TPSA) is 68.3 Å². The van der Waals surface area contributed by atoms with Crippen LogP contribution in [0.2, 0.25) is 0 Å². The Kier molecular flexibility index (Phi) is 5.22. The predicted molar refractivity (Wildman–Crippen MR) is 67.4 cm³/mol. The molecule has 0 fully saturated rings. The summed E-state index contributed by atoms with van der Waals surface area (Å²) in [7, 11) is 0. The van der Waals surface area contributed by atoms with Crippen molar-refractivity contribution in [1.29, 1.82) is 0 Å². The molecule has 0 saturated carbocycles. The van der Waals surface area contributed by atoms with Crippen LogP contribution in [-0.4, -0.2) is 18.0 Å². The lowest BCUT2D eigenvalue weighted by Gasteiger charge is -2.20. The van der Waals surface area contributed by atoms with Gasteiger partial charge in [-0.15, -0.1) is 0 Å². The van der Waals surface area contributed by atoms with E-state index in [0.29, 0.717) is 6.42 Å². The predicted octanol–water partition coefficient (Wildman–Crippen LogP) is 1.70. The largest absolute Gasteiger partial charge is 0.469 e. The highest BCUT2D eigenvalue weighted by atomic mass is 16.3. The van der Waals surface area contributed by atoms with E-state index in [9.17, 15) is 4.79 Å². The Balaban J connectivity index is 2.40. The number of carbonyl (C=O) groups excluding carboxylic acids is 1. The Bertz CT molecular complexity index is 335. The minimum atomic E-state index is -0.431. The molecular formula is C13H22N2O2. The molecule has 1 rings (SSSR count). The summed E-state index contributed by atoms with van der Waals surface area (Å²) >= 11 is 0. The summed E-state index contributed by atoms with van der Waals surface area (Å²) in [5, 5.41) is 2.91. The van der Waals surface area contributed by atoms with Gasteiger partial charge in [-0.1, -0.05) is 20.3 Å². The van der Waals surface area contributed by atoms with E-state index in [0.717, 1.165) is 12.2 Å². The summed E-state index contributed by atoms with van der Waals surface area (Å²) in [6.07, 6.45) is 3.22. The van der Waals surface area contributed by atoms with E-state index in [4.69, 9.17) is 10.2 Å². The quantitative estimate of drug-likeness (QED) is 0.792. The number of furan rings is 1. The zero-order valence-corrected chi connectivity index (χ0v) is 10.8. The molecule has 0 aliphatic heterocycles. The van der Waals surface area contributed by atoms with Crippen LogP contribution in [0.3, 0.4) is 0 Å². The maximum Gasteiger partial charge on any atom is 0.237 e. The first-order valence-corrected chi connectivity index (χ1v) is 6.13. The number of hydrogen-bond acceptors (Lipinski definition) is 3. The van der Waals surface area contributed by atoms with E-state index < -0.39 is 6.04 Å². The molecule has 1 heterocycles. The Morgan fingerprint density at radius 1 is 1.53 bits per heavy atom. The van der Waals surface area contributed by atoms with Gasteiger partial charge in [0.05, 0.1) is 12.3 Å². The molecule has 3 atom stereocenters. The lowest BCUT2D eigenvalue weighted by Crippen LogP contribution is -2.48. The number of rotatable bonds is 6. The summed E-state index contributed by atoms with van der Waals surface area (Å²) in [6, 6.07) is 3.34. The first kappa shape index (κ1) is 13.8. The van der Waals surface area contributed by atoms with Crippen molar-refractivity contribution >= 4 is 5.91 Å². The Hall–Kier alpha value is -1.29. The molecular weight excluding hydrogens is 216 g/mol. The normalized spacial score (nSPS) is 16.2. The second-order valence-corrected chi connectivity index (χ2v) is 4.60. The third kappa shape index (κ3) is 4.23. The zero-order chi connectivity index (χ0) is 12.8. The van der Waals surface area contributed by atoms with Gasteiger partial charge in [-0.25, -0.2) is 0 Å². The molecule has 0 radical (unpaired) electrons. The van der Waals surface area contributed by atoms with Crippen molar-refractivity contribution in [2.24, 2.45) is 11.7 Å². The van der Waals surface area contributed by atoms with Gasteiger partial charge in [0.1, 0.15) is 5.76 Å². The minimum Gasteiger partial charge on any atom is -0.469 e. The van der Waals surface area contributed by atoms with Crippen LogP contribution in [0.4, 0.5) is 0 Å². The third-order valence-corrected chi connectivity index (χ3v) is 3.04. The van der Waals surface area contributed by atoms with Gasteiger partial charge in [0.25, 0.3) is 0 Å². The molecule has 0 aliphatic rings. The van der Waals surface area contributed by atoms with Crippen molar-refractivity contribution < 1.29 is 9.21 Å². The average Bonchev–Trinajstić information content (AvgIpc) is 2.79. The van der Waals surface area contributed by atoms with Gasteiger partial charge >= 0.3 is 0 Å². The molecule has 0 saturated heterocycles. The molecule has 0 spiro atoms. The van der Waals surface area contributed by atoms with E-state index in [1.165, 1.54) is 0 Å². The van der Waals surface area contributed by atoms with E-state index in [-0.39, 0.29) is 17.9 Å². The van der Waals surface area contributed by atoms with Crippen molar-refractivity contribution in [1.82, 2.24) is 5.32 Å². The smallest absolute Gasteiger partial charge is 0.237 e. The number of nitrogens with one attached hydrogen (secondary N) is 1. The monoisotopic (exact) mass is 238 g/mol. The molecule has 3 N–H and O–H groups in total. The first-order valence-electron chi connectivity index (χ1n) is 6.13. The molecule has 4 nitrogen and oxygen atoms in total. The van der Waals surface area contributed by atoms with E-state index in [1.54, 1.807) is 6.26 Å². The van der Waals surface area contributed by atoms with Crippen LogP contribution in [0.15, 0.2) is 22.8 Å². The fourth-order valence-electron chi connectivity index (χ4n) is 1.63. The van der Waals surface area contributed by atoms with E-state index in [1.807, 2.05) is 32.9 Å². The Morgan fingerprint density at radius 2 is 2.24 bits per heavy atom. The molecule has 96 valence electrons. The van der Waals surface area contributed by atoms with Gasteiger partial charge in [-0.3, -0.25) is 4.79 Å². The molecule has 0 bridgehead atoms. The number of carbonyl (C=O) groups is 1. The molecule has 3 unspecified atom stereocenters. The highest BCUT2D eigenvalue weighted by molar-refractivity contribution is 5.82. The lowest BCUT2D eigenvalue weighted by atomic mass is 9.99. The summed E-state index contributed by atoms with van der Waals surface area (Å²) in [5.41, 5.74) is 5.86. The van der Waals surface area contributed by atoms with Crippen LogP contribution in [0, 0.1) is 5.92 Å². The maximum absolute atomic E-state index is 11.8. The maximum atomic E-state index is 11.8. The molecule has 17 heavy (non-hydrogen) atoms. The van der Waals surface area contributed by atoms with Crippen LogP contribution >= 0.6 is 0 Å². The molecule has 0 aliphatic carbocycles. The third-order valence-electron chi connectivity index (χ3n) is 3.04. The van der Waals surface area contributed by atoms with Crippen molar-refractivity contribution in [2.45, 2.75) is 45.7 Å². The fraction of sp³-hybridized carbons (Fsp3) is 0.615. The molecule has 1 amide bonds. The number of nitrogens with two attached hydrogens (primary N) is 1. The van der Waals surface area contributed by atoms with Gasteiger partial charge in [0, 0.05) is 12.5 Å². The van der Waals surface area contributed by atoms with Crippen LogP contribution in [0.5, 0.6) is 0 Å². The lowest BCUT2D eigenvalue weighted by molar-refractivity contribution is -0.124. The highest BCUT2D eigenvalue weighted by Gasteiger charge is 2.20. The van der Waals surface area contributed by atoms with E-state index >= 15 is 0 Å². The number of amides is 1. The van der Waals surface area contributed by atoms with Crippen LogP contribution in [0.1, 0.15) is 33.0 Å². The van der Waals surface area contributed by atoms with Gasteiger partial charge in [0.2, 0.25) is 5.91 Å². The summed E-state index contributed by atoms with van der Waals surface area (Å²) in [4.78, 5) is 11.8. The van der Waals surface area contributed by atoms with Gasteiger partial charge in [-0.2, -0.15) is 0 Å². The van der Waals surface area contributed by atoms with Gasteiger partial charge in [0.15, 0.2) is 0 Å². The SMILES string of the molecule is CCC(C)C(N)C(=O)NC(C)Cc1ccco1. The minimum absolute atomic E-state index is 0.0313. The fourth-order valence-corrected chi connectivity index (χ4v) is 1.63. The van der Waals surface area contributed by atoms with Crippen LogP contribution < -0.4 is 11.1 Å². The van der Waals surface area contributed by atoms with Gasteiger partial charge in [-0.05, 0) is 25.0 Å². The molecule has 4 heteroatoms. The molecule has 1 aromatic heterocycles. The standard InChI is InChI=1S/C13H22N2O2/c1-4-9(2)12(14)13(16)15-10(3)8-11-6-5-7-17-11/h5-7,9-10,12H,4,8,14H2,1-3H3,(H,15,16). The van der Waals surface area contributed by atoms with Crippen molar-refractivity contribution in [2.75, 3.05) is 0 Å². The van der Waals surface area contributed by atoms with Crippen LogP contribution in [0.25, 0.3) is 0 Å². The van der Waals surface area contributed by atoms with Crippen molar-refractivity contribution in [3.63, 3.8) is 0 Å². The summed E-state index contributed by atoms with van der Waals surface area (Å²) in [5.74, 6) is 0.985. The number of hydrogen-bond donors (Lipinski definition) is 2. The molecule has 0 aromatic carbocycles. The summed E-state index contributed by atoms with van der Waals surface area (Å²) in [6.45, 7) is 5.97. The van der Waals surface area contributed by atoms with Gasteiger partial charge < -0.3 is 15.5 Å². The van der Waals surface area contributed by atoms with Crippen molar-refractivity contribution in [3.8, 4) is 0 Å². The summed E-state index contributed by atoms with van der Waals surface area (Å²) < 4.78 is 5.23. The second-order valence-electron chi connectivity index (χ2n) is 4.60. The highest BCUT2D eigenvalue weighted by Crippen LogP contribution is 2.07.